The summed E-state index contributed by atoms with van der Waals surface area (Å²) in [7, 11) is 0. The van der Waals surface area contributed by atoms with E-state index in [0.29, 0.717) is 17.0 Å². The molecule has 1 atom stereocenters. The molecule has 0 aliphatic rings. The Kier molecular flexibility index (Phi) is 3.87. The number of hydrogen-bond acceptors (Lipinski definition) is 7. The fourth-order valence-electron chi connectivity index (χ4n) is 1.95. The third-order valence-corrected chi connectivity index (χ3v) is 4.08. The first-order chi connectivity index (χ1) is 11.0. The summed E-state index contributed by atoms with van der Waals surface area (Å²) in [5.41, 5.74) is 2.05. The highest BCUT2D eigenvalue weighted by Gasteiger charge is 2.22. The maximum atomic E-state index is 12.4. The van der Waals surface area contributed by atoms with Crippen molar-refractivity contribution in [3.8, 4) is 17.1 Å². The molecule has 0 aliphatic carbocycles. The number of aromatic nitrogens is 3. The van der Waals surface area contributed by atoms with Crippen LogP contribution in [-0.2, 0) is 11.3 Å². The van der Waals surface area contributed by atoms with Crippen molar-refractivity contribution >= 4 is 11.3 Å². The van der Waals surface area contributed by atoms with Crippen molar-refractivity contribution < 1.29 is 17.4 Å². The van der Waals surface area contributed by atoms with Crippen LogP contribution < -0.4 is 9.94 Å². The van der Waals surface area contributed by atoms with Crippen molar-refractivity contribution in [2.24, 2.45) is 0 Å². The lowest BCUT2D eigenvalue weighted by Gasteiger charge is -2.05. The fraction of sp³-hybridized carbons (Fsp3) is 0.214. The molecule has 0 fully saturated rings. The first-order valence-corrected chi connectivity index (χ1v) is 7.70. The summed E-state index contributed by atoms with van der Waals surface area (Å²) in [6, 6.07) is 7.18. The van der Waals surface area contributed by atoms with Gasteiger partial charge in [0, 0.05) is 12.5 Å². The monoisotopic (exact) mass is 335 g/mol. The van der Waals surface area contributed by atoms with Crippen LogP contribution in [-0.4, -0.2) is 18.5 Å². The molecule has 0 N–H and O–H groups in total. The highest BCUT2D eigenvalue weighted by molar-refractivity contribution is 7.79. The number of nitrogens with zero attached hydrogens (tertiary/aromatic N) is 3. The van der Waals surface area contributed by atoms with Crippen LogP contribution in [0.4, 0.5) is 0 Å². The van der Waals surface area contributed by atoms with E-state index in [1.165, 1.54) is 0 Å². The molecule has 9 heteroatoms. The van der Waals surface area contributed by atoms with Gasteiger partial charge in [-0.05, 0) is 13.8 Å². The van der Waals surface area contributed by atoms with Gasteiger partial charge in [0.2, 0.25) is 11.6 Å². The number of hydrogen-bond donors (Lipinski definition) is 0. The number of aryl methyl sites for hydroxylation is 3. The maximum absolute atomic E-state index is 12.4. The second-order valence-electron chi connectivity index (χ2n) is 4.89. The van der Waals surface area contributed by atoms with Gasteiger partial charge in [-0.1, -0.05) is 40.1 Å². The lowest BCUT2D eigenvalue weighted by molar-refractivity contribution is 0.383. The molecule has 0 saturated carbocycles. The molecule has 0 saturated heterocycles. The summed E-state index contributed by atoms with van der Waals surface area (Å²) >= 11 is -2.18. The van der Waals surface area contributed by atoms with Gasteiger partial charge in [0.05, 0.1) is 0 Å². The minimum Gasteiger partial charge on any atom is -0.379 e. The molecule has 120 valence electrons. The Morgan fingerprint density at radius 1 is 1.09 bits per heavy atom. The molecule has 23 heavy (non-hydrogen) atoms. The highest BCUT2D eigenvalue weighted by Crippen LogP contribution is 2.24. The third-order valence-electron chi connectivity index (χ3n) is 3.15. The Balaban J connectivity index is 2.00. The van der Waals surface area contributed by atoms with Gasteiger partial charge in [-0.2, -0.15) is 4.21 Å². The predicted molar refractivity (Wildman–Crippen MR) is 81.1 cm³/mol. The molecular weight excluding hydrogens is 322 g/mol. The Morgan fingerprint density at radius 3 is 2.39 bits per heavy atom. The molecular formula is C14H13N3O5S. The van der Waals surface area contributed by atoms with Gasteiger partial charge in [0.1, 0.15) is 5.69 Å². The number of rotatable bonds is 4. The molecule has 1 unspecified atom stereocenters. The summed E-state index contributed by atoms with van der Waals surface area (Å²) in [5.74, 6) is -0.200. The van der Waals surface area contributed by atoms with Crippen LogP contribution in [0.25, 0.3) is 11.4 Å². The smallest absolute Gasteiger partial charge is 0.379 e. The van der Waals surface area contributed by atoms with Crippen LogP contribution in [0.5, 0.6) is 5.75 Å². The van der Waals surface area contributed by atoms with E-state index in [-0.39, 0.29) is 11.6 Å². The van der Waals surface area contributed by atoms with Crippen LogP contribution in [0.3, 0.4) is 0 Å². The van der Waals surface area contributed by atoms with Gasteiger partial charge in [-0.3, -0.25) is 4.52 Å². The highest BCUT2D eigenvalue weighted by atomic mass is 32.2. The van der Waals surface area contributed by atoms with Crippen molar-refractivity contribution in [3.05, 3.63) is 51.8 Å². The van der Waals surface area contributed by atoms with Crippen molar-refractivity contribution in [1.82, 2.24) is 14.3 Å². The Labute approximate surface area is 133 Å². The first kappa shape index (κ1) is 15.2. The van der Waals surface area contributed by atoms with Gasteiger partial charge < -0.3 is 8.71 Å². The Morgan fingerprint density at radius 2 is 1.78 bits per heavy atom. The van der Waals surface area contributed by atoms with Gasteiger partial charge in [-0.25, -0.2) is 4.79 Å². The molecule has 0 amide bonds. The van der Waals surface area contributed by atoms with Crippen LogP contribution in [0.1, 0.15) is 17.0 Å². The van der Waals surface area contributed by atoms with E-state index in [2.05, 4.69) is 14.8 Å². The van der Waals surface area contributed by atoms with E-state index in [4.69, 9.17) is 8.71 Å². The summed E-state index contributed by atoms with van der Waals surface area (Å²) in [6.45, 7) is 5.18. The zero-order chi connectivity index (χ0) is 16.6. The Bertz CT molecular complexity index is 903. The molecule has 8 nitrogen and oxygen atoms in total. The van der Waals surface area contributed by atoms with E-state index in [0.717, 1.165) is 9.54 Å². The van der Waals surface area contributed by atoms with E-state index in [1.54, 1.807) is 26.0 Å². The molecule has 3 rings (SSSR count). The van der Waals surface area contributed by atoms with Crippen LogP contribution in [0, 0.1) is 20.8 Å². The van der Waals surface area contributed by atoms with Crippen molar-refractivity contribution in [2.75, 3.05) is 0 Å². The van der Waals surface area contributed by atoms with E-state index in [1.807, 2.05) is 19.1 Å². The minimum absolute atomic E-state index is 0.111. The zero-order valence-corrected chi connectivity index (χ0v) is 13.4. The molecule has 0 aliphatic heterocycles. The average molecular weight is 335 g/mol. The van der Waals surface area contributed by atoms with Crippen LogP contribution in [0.2, 0.25) is 0 Å². The fourth-order valence-corrected chi connectivity index (χ4v) is 2.84. The predicted octanol–water partition coefficient (Wildman–Crippen LogP) is 1.92. The van der Waals surface area contributed by atoms with Gasteiger partial charge in [0.25, 0.3) is 0 Å². The molecule has 2 aromatic heterocycles. The van der Waals surface area contributed by atoms with Gasteiger partial charge in [0.15, 0.2) is 5.76 Å². The summed E-state index contributed by atoms with van der Waals surface area (Å²) in [6.07, 6.45) is 0. The topological polar surface area (TPSA) is 100 Å². The quantitative estimate of drug-likeness (QED) is 0.718. The van der Waals surface area contributed by atoms with Crippen molar-refractivity contribution in [2.45, 2.75) is 20.8 Å². The van der Waals surface area contributed by atoms with Gasteiger partial charge >= 0.3 is 17.0 Å². The molecule has 2 heterocycles. The van der Waals surface area contributed by atoms with Crippen LogP contribution in [0.15, 0.2) is 38.1 Å². The van der Waals surface area contributed by atoms with Gasteiger partial charge in [-0.15, -0.1) is 3.97 Å². The average Bonchev–Trinajstić information content (AvgIpc) is 3.05. The molecule has 0 radical (unpaired) electrons. The molecule has 0 spiro atoms. The third kappa shape index (κ3) is 2.82. The van der Waals surface area contributed by atoms with E-state index < -0.39 is 17.0 Å². The summed E-state index contributed by atoms with van der Waals surface area (Å²) < 4.78 is 28.1. The van der Waals surface area contributed by atoms with E-state index >= 15 is 0 Å². The summed E-state index contributed by atoms with van der Waals surface area (Å²) in [5, 5.41) is 7.38. The first-order valence-electron chi connectivity index (χ1n) is 6.66. The SMILES string of the molecule is Cc1ccc(-c2noc(=O)n2S(=O)Oc2c(C)noc2C)cc1. The minimum atomic E-state index is -2.18. The maximum Gasteiger partial charge on any atom is 0.456 e. The molecule has 3 aromatic rings. The van der Waals surface area contributed by atoms with Crippen molar-refractivity contribution in [3.63, 3.8) is 0 Å². The molecule has 1 aromatic carbocycles. The van der Waals surface area contributed by atoms with Crippen LogP contribution >= 0.6 is 0 Å². The second kappa shape index (κ2) is 5.84. The lowest BCUT2D eigenvalue weighted by Crippen LogP contribution is -2.23. The second-order valence-corrected chi connectivity index (χ2v) is 5.85. The van der Waals surface area contributed by atoms with E-state index in [9.17, 15) is 9.00 Å². The standard InChI is InChI=1S/C14H13N3O5S/c1-8-4-6-11(7-5-8)13-16-21-14(18)17(13)23(19)22-12-9(2)15-20-10(12)3/h4-7H,1-3H3. The summed E-state index contributed by atoms with van der Waals surface area (Å²) in [4.78, 5) is 11.8. The number of benzene rings is 1. The zero-order valence-electron chi connectivity index (χ0n) is 12.6. The Hall–Kier alpha value is -2.68. The normalized spacial score (nSPS) is 12.3. The lowest BCUT2D eigenvalue weighted by atomic mass is 10.1. The van der Waals surface area contributed by atoms with Crippen molar-refractivity contribution in [1.29, 1.82) is 0 Å². The largest absolute Gasteiger partial charge is 0.456 e. The molecule has 0 bridgehead atoms.